The van der Waals surface area contributed by atoms with Gasteiger partial charge in [-0.25, -0.2) is 9.18 Å². The zero-order valence-electron chi connectivity index (χ0n) is 11.6. The second kappa shape index (κ2) is 5.99. The number of hydrogen-bond donors (Lipinski definition) is 0. The Morgan fingerprint density at radius 2 is 2.14 bits per heavy atom. The number of carbonyl (C=O) groups excluding carboxylic acids is 2. The van der Waals surface area contributed by atoms with Crippen molar-refractivity contribution in [2.45, 2.75) is 6.42 Å². The largest absolute Gasteiger partial charge is 0.465 e. The number of anilines is 1. The lowest BCUT2D eigenvalue weighted by molar-refractivity contribution is -0.117. The predicted octanol–water partition coefficient (Wildman–Crippen LogP) is 1.26. The van der Waals surface area contributed by atoms with Crippen molar-refractivity contribution in [3.63, 3.8) is 0 Å². The van der Waals surface area contributed by atoms with E-state index in [9.17, 15) is 26.3 Å². The summed E-state index contributed by atoms with van der Waals surface area (Å²) in [6, 6.07) is 3.44. The SMILES string of the molecule is COC(=O)c1ccc(N2CC(CS(=O)(=O)F)CC2=O)c(F)c1. The number of rotatable bonds is 4. The fraction of sp³-hybridized carbons (Fsp3) is 0.385. The van der Waals surface area contributed by atoms with Crippen molar-refractivity contribution in [3.05, 3.63) is 29.6 Å². The molecule has 6 nitrogen and oxygen atoms in total. The minimum Gasteiger partial charge on any atom is -0.465 e. The van der Waals surface area contributed by atoms with Crippen LogP contribution >= 0.6 is 0 Å². The van der Waals surface area contributed by atoms with Crippen LogP contribution in [-0.2, 0) is 19.8 Å². The molecule has 9 heteroatoms. The van der Waals surface area contributed by atoms with Crippen molar-refractivity contribution < 1.29 is 31.0 Å². The molecule has 1 aromatic carbocycles. The average molecular weight is 333 g/mol. The Bertz CT molecular complexity index is 719. The van der Waals surface area contributed by atoms with E-state index in [0.717, 1.165) is 18.1 Å². The van der Waals surface area contributed by atoms with Gasteiger partial charge in [-0.3, -0.25) is 4.79 Å². The zero-order valence-corrected chi connectivity index (χ0v) is 12.4. The summed E-state index contributed by atoms with van der Waals surface area (Å²) in [5.74, 6) is -3.56. The summed E-state index contributed by atoms with van der Waals surface area (Å²) in [5.41, 5.74) is -0.102. The second-order valence-corrected chi connectivity index (χ2v) is 6.35. The predicted molar refractivity (Wildman–Crippen MR) is 73.1 cm³/mol. The van der Waals surface area contributed by atoms with Gasteiger partial charge in [0.15, 0.2) is 0 Å². The lowest BCUT2D eigenvalue weighted by atomic mass is 10.1. The molecule has 0 radical (unpaired) electrons. The number of halogens is 2. The molecule has 120 valence electrons. The number of nitrogens with zero attached hydrogens (tertiary/aromatic N) is 1. The van der Waals surface area contributed by atoms with Crippen LogP contribution in [0.3, 0.4) is 0 Å². The summed E-state index contributed by atoms with van der Waals surface area (Å²) in [6.45, 7) is -0.101. The summed E-state index contributed by atoms with van der Waals surface area (Å²) in [7, 11) is -3.55. The van der Waals surface area contributed by atoms with Gasteiger partial charge in [-0.05, 0) is 18.2 Å². The molecule has 0 N–H and O–H groups in total. The van der Waals surface area contributed by atoms with Gasteiger partial charge in [0, 0.05) is 18.9 Å². The smallest absolute Gasteiger partial charge is 0.337 e. The van der Waals surface area contributed by atoms with Crippen LogP contribution < -0.4 is 4.90 Å². The monoisotopic (exact) mass is 333 g/mol. The van der Waals surface area contributed by atoms with Gasteiger partial charge in [-0.15, -0.1) is 3.89 Å². The lowest BCUT2D eigenvalue weighted by Gasteiger charge is -2.17. The second-order valence-electron chi connectivity index (χ2n) is 4.94. The Morgan fingerprint density at radius 3 is 2.68 bits per heavy atom. The highest BCUT2D eigenvalue weighted by molar-refractivity contribution is 7.86. The quantitative estimate of drug-likeness (QED) is 0.612. The van der Waals surface area contributed by atoms with Crippen LogP contribution in [0.2, 0.25) is 0 Å². The van der Waals surface area contributed by atoms with E-state index in [2.05, 4.69) is 4.74 Å². The van der Waals surface area contributed by atoms with E-state index in [1.807, 2.05) is 0 Å². The third-order valence-corrected chi connectivity index (χ3v) is 4.17. The molecule has 0 bridgehead atoms. The number of benzene rings is 1. The summed E-state index contributed by atoms with van der Waals surface area (Å²) in [4.78, 5) is 24.2. The number of amides is 1. The van der Waals surface area contributed by atoms with Crippen LogP contribution in [-0.4, -0.2) is 39.7 Å². The lowest BCUT2D eigenvalue weighted by Crippen LogP contribution is -2.26. The molecule has 1 heterocycles. The third-order valence-electron chi connectivity index (χ3n) is 3.30. The number of esters is 1. The Morgan fingerprint density at radius 1 is 1.45 bits per heavy atom. The first-order valence-electron chi connectivity index (χ1n) is 6.32. The van der Waals surface area contributed by atoms with E-state index in [-0.39, 0.29) is 24.2 Å². The number of hydrogen-bond acceptors (Lipinski definition) is 5. The van der Waals surface area contributed by atoms with Gasteiger partial charge < -0.3 is 9.64 Å². The molecule has 22 heavy (non-hydrogen) atoms. The van der Waals surface area contributed by atoms with E-state index in [1.165, 1.54) is 12.1 Å². The maximum atomic E-state index is 14.0. The Hall–Kier alpha value is -2.03. The number of methoxy groups -OCH3 is 1. The maximum absolute atomic E-state index is 14.0. The van der Waals surface area contributed by atoms with E-state index < -0.39 is 39.6 Å². The van der Waals surface area contributed by atoms with Gasteiger partial charge in [0.2, 0.25) is 5.91 Å². The van der Waals surface area contributed by atoms with E-state index >= 15 is 0 Å². The Balaban J connectivity index is 2.22. The van der Waals surface area contributed by atoms with Crippen LogP contribution in [0.4, 0.5) is 14.0 Å². The Labute approximate surface area is 125 Å². The highest BCUT2D eigenvalue weighted by atomic mass is 32.3. The standard InChI is InChI=1S/C13H13F2NO5S/c1-21-13(18)9-2-3-11(10(14)5-9)16-6-8(4-12(16)17)7-22(15,19)20/h2-3,5,8H,4,6-7H2,1H3. The van der Waals surface area contributed by atoms with Crippen LogP contribution in [0.1, 0.15) is 16.8 Å². The number of carbonyl (C=O) groups is 2. The highest BCUT2D eigenvalue weighted by Gasteiger charge is 2.34. The third kappa shape index (κ3) is 3.59. The summed E-state index contributed by atoms with van der Waals surface area (Å²) in [5, 5.41) is 0. The van der Waals surface area contributed by atoms with Crippen molar-refractivity contribution in [3.8, 4) is 0 Å². The minimum absolute atomic E-state index is 0.0155. The van der Waals surface area contributed by atoms with Crippen molar-refractivity contribution in [2.75, 3.05) is 24.3 Å². The molecular weight excluding hydrogens is 320 g/mol. The molecule has 1 fully saturated rings. The normalized spacial score (nSPS) is 18.6. The van der Waals surface area contributed by atoms with Crippen molar-refractivity contribution in [1.82, 2.24) is 0 Å². The molecule has 0 aromatic heterocycles. The molecule has 0 spiro atoms. The van der Waals surface area contributed by atoms with Crippen LogP contribution in [0.15, 0.2) is 18.2 Å². The molecule has 1 aliphatic heterocycles. The number of ether oxygens (including phenoxy) is 1. The average Bonchev–Trinajstić information content (AvgIpc) is 2.76. The van der Waals surface area contributed by atoms with Crippen LogP contribution in [0, 0.1) is 11.7 Å². The van der Waals surface area contributed by atoms with Crippen molar-refractivity contribution >= 4 is 27.8 Å². The van der Waals surface area contributed by atoms with E-state index in [1.54, 1.807) is 0 Å². The summed E-state index contributed by atoms with van der Waals surface area (Å²) < 4.78 is 52.4. The van der Waals surface area contributed by atoms with E-state index in [0.29, 0.717) is 0 Å². The first-order valence-corrected chi connectivity index (χ1v) is 7.87. The highest BCUT2D eigenvalue weighted by Crippen LogP contribution is 2.29. The van der Waals surface area contributed by atoms with Crippen molar-refractivity contribution in [2.24, 2.45) is 5.92 Å². The molecule has 1 unspecified atom stereocenters. The Kier molecular flexibility index (Phi) is 4.45. The molecule has 1 aliphatic rings. The van der Waals surface area contributed by atoms with Gasteiger partial charge >= 0.3 is 16.2 Å². The first kappa shape index (κ1) is 16.3. The van der Waals surface area contributed by atoms with Gasteiger partial charge in [0.05, 0.1) is 24.1 Å². The van der Waals surface area contributed by atoms with Crippen LogP contribution in [0.25, 0.3) is 0 Å². The molecule has 1 saturated heterocycles. The molecule has 0 saturated carbocycles. The molecular formula is C13H13F2NO5S. The molecule has 0 aliphatic carbocycles. The summed E-state index contributed by atoms with van der Waals surface area (Å²) in [6.07, 6.45) is -0.179. The van der Waals surface area contributed by atoms with Gasteiger partial charge in [-0.2, -0.15) is 8.42 Å². The summed E-state index contributed by atoms with van der Waals surface area (Å²) >= 11 is 0. The van der Waals surface area contributed by atoms with Gasteiger partial charge in [-0.1, -0.05) is 0 Å². The molecule has 1 aromatic rings. The van der Waals surface area contributed by atoms with Crippen LogP contribution in [0.5, 0.6) is 0 Å². The van der Waals surface area contributed by atoms with E-state index in [4.69, 9.17) is 0 Å². The van der Waals surface area contributed by atoms with Gasteiger partial charge in [0.25, 0.3) is 0 Å². The fourth-order valence-electron chi connectivity index (χ4n) is 2.38. The first-order chi connectivity index (χ1) is 10.2. The minimum atomic E-state index is -4.70. The molecule has 2 rings (SSSR count). The van der Waals surface area contributed by atoms with Gasteiger partial charge in [0.1, 0.15) is 5.82 Å². The maximum Gasteiger partial charge on any atom is 0.337 e. The molecule has 1 atom stereocenters. The topological polar surface area (TPSA) is 80.8 Å². The zero-order chi connectivity index (χ0) is 16.5. The van der Waals surface area contributed by atoms with Crippen molar-refractivity contribution in [1.29, 1.82) is 0 Å². The molecule has 1 amide bonds. The fourth-order valence-corrected chi connectivity index (χ4v) is 3.16.